The van der Waals surface area contributed by atoms with Gasteiger partial charge in [0.05, 0.1) is 0 Å². The third kappa shape index (κ3) is 1.37. The number of fused-ring (bicyclic) bond motifs is 1. The maximum absolute atomic E-state index is 10.6. The van der Waals surface area contributed by atoms with Crippen molar-refractivity contribution in [2.75, 3.05) is 0 Å². The predicted molar refractivity (Wildman–Crippen MR) is 52.7 cm³/mol. The number of rotatable bonds is 1. The van der Waals surface area contributed by atoms with Crippen LogP contribution in [0.1, 0.15) is 35.6 Å². The summed E-state index contributed by atoms with van der Waals surface area (Å²) < 4.78 is 0. The highest BCUT2D eigenvalue weighted by Crippen LogP contribution is 2.34. The molecule has 1 aromatic carbocycles. The average molecular weight is 175 g/mol. The minimum absolute atomic E-state index is 0.0926. The molecule has 1 aliphatic rings. The Kier molecular flexibility index (Phi) is 2.13. The molecule has 0 heterocycles. The van der Waals surface area contributed by atoms with Gasteiger partial charge in [0.25, 0.3) is 0 Å². The molecular formula is C11H13NO. The lowest BCUT2D eigenvalue weighted by Gasteiger charge is -2.21. The number of benzene rings is 1. The van der Waals surface area contributed by atoms with E-state index in [2.05, 4.69) is 30.3 Å². The second kappa shape index (κ2) is 3.29. The zero-order valence-corrected chi connectivity index (χ0v) is 7.79. The Balaban J connectivity index is 2.53. The molecular weight excluding hydrogens is 162 g/mol. The summed E-state index contributed by atoms with van der Waals surface area (Å²) in [6.07, 6.45) is 3.11. The Morgan fingerprint density at radius 3 is 3.08 bits per heavy atom. The standard InChI is InChI=1S/C11H13NO/c1-8-4-2-5-9-6-3-7-10(12-13)11(8)9/h2,4-5,10H,3,6-7H2,1H3. The van der Waals surface area contributed by atoms with Crippen molar-refractivity contribution in [3.8, 4) is 0 Å². The number of aryl methyl sites for hydroxylation is 2. The van der Waals surface area contributed by atoms with E-state index in [1.807, 2.05) is 0 Å². The van der Waals surface area contributed by atoms with Crippen LogP contribution in [0.4, 0.5) is 0 Å². The molecule has 0 saturated heterocycles. The molecule has 0 saturated carbocycles. The molecule has 0 N–H and O–H groups in total. The van der Waals surface area contributed by atoms with E-state index in [0.717, 1.165) is 19.3 Å². The normalized spacial score (nSPS) is 20.8. The van der Waals surface area contributed by atoms with Crippen molar-refractivity contribution in [1.82, 2.24) is 0 Å². The fourth-order valence-electron chi connectivity index (χ4n) is 2.17. The molecule has 0 bridgehead atoms. The molecule has 0 fully saturated rings. The molecule has 0 aromatic heterocycles. The second-order valence-electron chi connectivity index (χ2n) is 3.66. The minimum atomic E-state index is -0.0926. The molecule has 0 aliphatic heterocycles. The molecule has 13 heavy (non-hydrogen) atoms. The van der Waals surface area contributed by atoms with E-state index < -0.39 is 0 Å². The predicted octanol–water partition coefficient (Wildman–Crippen LogP) is 3.14. The van der Waals surface area contributed by atoms with Gasteiger partial charge in [0.2, 0.25) is 0 Å². The number of nitroso groups, excluding NO2 is 1. The summed E-state index contributed by atoms with van der Waals surface area (Å²) in [6.45, 7) is 2.06. The summed E-state index contributed by atoms with van der Waals surface area (Å²) in [7, 11) is 0. The average Bonchev–Trinajstić information content (AvgIpc) is 2.17. The Morgan fingerprint density at radius 1 is 1.46 bits per heavy atom. The largest absolute Gasteiger partial charge is 0.150 e. The van der Waals surface area contributed by atoms with Gasteiger partial charge in [-0.2, -0.15) is 4.91 Å². The highest BCUT2D eigenvalue weighted by atomic mass is 16.3. The molecule has 2 nitrogen and oxygen atoms in total. The van der Waals surface area contributed by atoms with Crippen LogP contribution in [-0.4, -0.2) is 0 Å². The van der Waals surface area contributed by atoms with Gasteiger partial charge in [-0.05, 0) is 42.9 Å². The quantitative estimate of drug-likeness (QED) is 0.603. The molecule has 1 atom stereocenters. The highest BCUT2D eigenvalue weighted by Gasteiger charge is 2.21. The highest BCUT2D eigenvalue weighted by molar-refractivity contribution is 5.38. The molecule has 1 unspecified atom stereocenters. The lowest BCUT2D eigenvalue weighted by molar-refractivity contribution is 0.566. The molecule has 0 radical (unpaired) electrons. The van der Waals surface area contributed by atoms with Gasteiger partial charge in [-0.1, -0.05) is 23.4 Å². The Labute approximate surface area is 77.9 Å². The summed E-state index contributed by atoms with van der Waals surface area (Å²) in [5.41, 5.74) is 3.71. The maximum Gasteiger partial charge on any atom is 0.117 e. The first-order chi connectivity index (χ1) is 6.33. The third-order valence-corrected chi connectivity index (χ3v) is 2.80. The van der Waals surface area contributed by atoms with Crippen molar-refractivity contribution in [2.45, 2.75) is 32.2 Å². The van der Waals surface area contributed by atoms with Gasteiger partial charge in [-0.3, -0.25) is 0 Å². The van der Waals surface area contributed by atoms with Gasteiger partial charge in [-0.15, -0.1) is 0 Å². The number of hydrogen-bond donors (Lipinski definition) is 0. The van der Waals surface area contributed by atoms with Crippen molar-refractivity contribution in [2.24, 2.45) is 5.18 Å². The smallest absolute Gasteiger partial charge is 0.117 e. The topological polar surface area (TPSA) is 29.4 Å². The van der Waals surface area contributed by atoms with Crippen molar-refractivity contribution in [3.63, 3.8) is 0 Å². The van der Waals surface area contributed by atoms with E-state index in [0.29, 0.717) is 0 Å². The summed E-state index contributed by atoms with van der Waals surface area (Å²) in [6, 6.07) is 6.13. The van der Waals surface area contributed by atoms with E-state index in [-0.39, 0.29) is 6.04 Å². The molecule has 2 heteroatoms. The monoisotopic (exact) mass is 175 g/mol. The van der Waals surface area contributed by atoms with E-state index >= 15 is 0 Å². The van der Waals surface area contributed by atoms with Crippen LogP contribution in [0.25, 0.3) is 0 Å². The van der Waals surface area contributed by atoms with Gasteiger partial charge in [0.15, 0.2) is 0 Å². The lowest BCUT2D eigenvalue weighted by Crippen LogP contribution is -2.09. The van der Waals surface area contributed by atoms with Gasteiger partial charge in [0, 0.05) is 0 Å². The molecule has 0 amide bonds. The Morgan fingerprint density at radius 2 is 2.31 bits per heavy atom. The zero-order valence-electron chi connectivity index (χ0n) is 7.79. The van der Waals surface area contributed by atoms with Crippen LogP contribution in [0.5, 0.6) is 0 Å². The van der Waals surface area contributed by atoms with Gasteiger partial charge in [0.1, 0.15) is 6.04 Å². The molecule has 1 aliphatic carbocycles. The van der Waals surface area contributed by atoms with E-state index in [4.69, 9.17) is 0 Å². The van der Waals surface area contributed by atoms with Crippen molar-refractivity contribution >= 4 is 0 Å². The first-order valence-electron chi connectivity index (χ1n) is 4.74. The Bertz CT molecular complexity index is 333. The van der Waals surface area contributed by atoms with E-state index in [1.54, 1.807) is 0 Å². The maximum atomic E-state index is 10.6. The van der Waals surface area contributed by atoms with Crippen LogP contribution in [0.2, 0.25) is 0 Å². The number of nitrogens with zero attached hydrogens (tertiary/aromatic N) is 1. The van der Waals surface area contributed by atoms with E-state index in [1.165, 1.54) is 16.7 Å². The van der Waals surface area contributed by atoms with Gasteiger partial charge < -0.3 is 0 Å². The van der Waals surface area contributed by atoms with Crippen molar-refractivity contribution < 1.29 is 0 Å². The molecule has 2 rings (SSSR count). The van der Waals surface area contributed by atoms with Gasteiger partial charge >= 0.3 is 0 Å². The lowest BCUT2D eigenvalue weighted by atomic mass is 9.85. The summed E-state index contributed by atoms with van der Waals surface area (Å²) >= 11 is 0. The van der Waals surface area contributed by atoms with E-state index in [9.17, 15) is 4.91 Å². The molecule has 0 spiro atoms. The van der Waals surface area contributed by atoms with Crippen LogP contribution in [0, 0.1) is 11.8 Å². The SMILES string of the molecule is Cc1cccc2c1C(N=O)CCC2. The number of hydrogen-bond acceptors (Lipinski definition) is 2. The molecule has 68 valence electrons. The van der Waals surface area contributed by atoms with Crippen LogP contribution >= 0.6 is 0 Å². The minimum Gasteiger partial charge on any atom is -0.150 e. The first kappa shape index (κ1) is 8.42. The van der Waals surface area contributed by atoms with Crippen molar-refractivity contribution in [1.29, 1.82) is 0 Å². The summed E-state index contributed by atoms with van der Waals surface area (Å²) in [5, 5.41) is 3.20. The summed E-state index contributed by atoms with van der Waals surface area (Å²) in [5.74, 6) is 0. The summed E-state index contributed by atoms with van der Waals surface area (Å²) in [4.78, 5) is 10.6. The van der Waals surface area contributed by atoms with Crippen LogP contribution in [0.15, 0.2) is 23.4 Å². The fraction of sp³-hybridized carbons (Fsp3) is 0.455. The fourth-order valence-corrected chi connectivity index (χ4v) is 2.17. The van der Waals surface area contributed by atoms with Crippen LogP contribution in [-0.2, 0) is 6.42 Å². The van der Waals surface area contributed by atoms with Gasteiger partial charge in [-0.25, -0.2) is 0 Å². The Hall–Kier alpha value is -1.18. The van der Waals surface area contributed by atoms with Crippen LogP contribution in [0.3, 0.4) is 0 Å². The van der Waals surface area contributed by atoms with Crippen LogP contribution < -0.4 is 0 Å². The third-order valence-electron chi connectivity index (χ3n) is 2.80. The first-order valence-corrected chi connectivity index (χ1v) is 4.74. The van der Waals surface area contributed by atoms with Crippen molar-refractivity contribution in [3.05, 3.63) is 39.8 Å². The second-order valence-corrected chi connectivity index (χ2v) is 3.66. The zero-order chi connectivity index (χ0) is 9.26. The molecule has 1 aromatic rings.